The molecule has 14 heavy (non-hydrogen) atoms. The summed E-state index contributed by atoms with van der Waals surface area (Å²) < 4.78 is 2.54. The molecule has 0 fully saturated rings. The molecule has 1 rings (SSSR count). The van der Waals surface area contributed by atoms with Gasteiger partial charge in [0, 0.05) is 14.1 Å². The third-order valence-corrected chi connectivity index (χ3v) is 3.28. The first-order valence-corrected chi connectivity index (χ1v) is 5.20. The van der Waals surface area contributed by atoms with Gasteiger partial charge in [-0.15, -0.1) is 0 Å². The lowest BCUT2D eigenvalue weighted by molar-refractivity contribution is -0.129. The molecule has 0 radical (unpaired) electrons. The molecule has 0 saturated heterocycles. The number of anilines is 1. The van der Waals surface area contributed by atoms with E-state index in [2.05, 4.69) is 27.7 Å². The largest absolute Gasteiger partial charge is 0.381 e. The quantitative estimate of drug-likeness (QED) is 0.808. The number of halogens is 1. The maximum atomic E-state index is 11.4. The number of rotatable bonds is 2. The predicted molar refractivity (Wildman–Crippen MR) is 62.8 cm³/mol. The Morgan fingerprint density at radius 2 is 2.21 bits per heavy atom. The standard InChI is InChI=1S/C8H13IN4O/c1-5-7(9)8(10)11-13(5)4-6(14)12(2)3/h4H2,1-3H3,(H2,10,11). The van der Waals surface area contributed by atoms with E-state index in [1.807, 2.05) is 6.92 Å². The van der Waals surface area contributed by atoms with Crippen LogP contribution in [0.5, 0.6) is 0 Å². The minimum atomic E-state index is 0.00648. The maximum absolute atomic E-state index is 11.4. The molecule has 0 atom stereocenters. The van der Waals surface area contributed by atoms with E-state index in [4.69, 9.17) is 5.73 Å². The Bertz CT molecular complexity index is 358. The first-order chi connectivity index (χ1) is 6.43. The van der Waals surface area contributed by atoms with Crippen LogP contribution in [0.15, 0.2) is 0 Å². The molecule has 0 spiro atoms. The molecule has 6 heteroatoms. The molecule has 0 saturated carbocycles. The van der Waals surface area contributed by atoms with Gasteiger partial charge in [0.2, 0.25) is 5.91 Å². The normalized spacial score (nSPS) is 10.3. The van der Waals surface area contributed by atoms with Crippen molar-refractivity contribution in [2.45, 2.75) is 13.5 Å². The highest BCUT2D eigenvalue weighted by atomic mass is 127. The fraction of sp³-hybridized carbons (Fsp3) is 0.500. The van der Waals surface area contributed by atoms with Crippen LogP contribution < -0.4 is 5.73 Å². The third-order valence-electron chi connectivity index (χ3n) is 1.94. The molecule has 0 aliphatic heterocycles. The zero-order chi connectivity index (χ0) is 10.9. The van der Waals surface area contributed by atoms with Crippen LogP contribution in [-0.4, -0.2) is 34.7 Å². The highest BCUT2D eigenvalue weighted by Gasteiger charge is 2.12. The van der Waals surface area contributed by atoms with Crippen molar-refractivity contribution in [3.05, 3.63) is 9.26 Å². The third kappa shape index (κ3) is 2.17. The highest BCUT2D eigenvalue weighted by molar-refractivity contribution is 14.1. The summed E-state index contributed by atoms with van der Waals surface area (Å²) in [5.74, 6) is 0.488. The van der Waals surface area contributed by atoms with Crippen LogP contribution in [0, 0.1) is 10.5 Å². The lowest BCUT2D eigenvalue weighted by atomic mass is 10.4. The van der Waals surface area contributed by atoms with E-state index in [0.717, 1.165) is 9.26 Å². The summed E-state index contributed by atoms with van der Waals surface area (Å²) in [6, 6.07) is 0. The molecule has 0 aliphatic rings. The Kier molecular flexibility index (Phi) is 3.35. The maximum Gasteiger partial charge on any atom is 0.243 e. The van der Waals surface area contributed by atoms with Gasteiger partial charge >= 0.3 is 0 Å². The van der Waals surface area contributed by atoms with E-state index in [1.54, 1.807) is 18.8 Å². The van der Waals surface area contributed by atoms with Crippen molar-refractivity contribution in [2.75, 3.05) is 19.8 Å². The van der Waals surface area contributed by atoms with Crippen LogP contribution in [0.4, 0.5) is 5.82 Å². The molecule has 5 nitrogen and oxygen atoms in total. The summed E-state index contributed by atoms with van der Waals surface area (Å²) in [5.41, 5.74) is 6.56. The lowest BCUT2D eigenvalue weighted by Crippen LogP contribution is -2.27. The Labute approximate surface area is 96.4 Å². The summed E-state index contributed by atoms with van der Waals surface area (Å²) >= 11 is 2.12. The second kappa shape index (κ2) is 4.16. The van der Waals surface area contributed by atoms with Crippen LogP contribution in [-0.2, 0) is 11.3 Å². The van der Waals surface area contributed by atoms with Crippen LogP contribution >= 0.6 is 22.6 Å². The number of likely N-dealkylation sites (N-methyl/N-ethyl adjacent to an activating group) is 1. The van der Waals surface area contributed by atoms with Gasteiger partial charge < -0.3 is 10.6 Å². The van der Waals surface area contributed by atoms with Crippen molar-refractivity contribution < 1.29 is 4.79 Å². The number of hydrogen-bond acceptors (Lipinski definition) is 3. The Morgan fingerprint density at radius 1 is 1.64 bits per heavy atom. The van der Waals surface area contributed by atoms with Gasteiger partial charge in [0.05, 0.1) is 9.26 Å². The monoisotopic (exact) mass is 308 g/mol. The number of nitrogens with two attached hydrogens (primary N) is 1. The summed E-state index contributed by atoms with van der Waals surface area (Å²) in [7, 11) is 3.44. The topological polar surface area (TPSA) is 64.1 Å². The number of aromatic nitrogens is 2. The molecule has 1 aromatic heterocycles. The summed E-state index contributed by atoms with van der Waals surface area (Å²) in [6.07, 6.45) is 0. The van der Waals surface area contributed by atoms with E-state index in [1.165, 1.54) is 4.90 Å². The van der Waals surface area contributed by atoms with Gasteiger partial charge in [0.1, 0.15) is 6.54 Å². The van der Waals surface area contributed by atoms with Crippen molar-refractivity contribution in [1.29, 1.82) is 0 Å². The summed E-state index contributed by atoms with van der Waals surface area (Å²) in [5, 5.41) is 4.07. The Hall–Kier alpha value is -0.790. The second-order valence-corrected chi connectivity index (χ2v) is 4.31. The molecular weight excluding hydrogens is 295 g/mol. The SMILES string of the molecule is Cc1c(I)c(N)nn1CC(=O)N(C)C. The molecule has 1 heterocycles. The molecule has 0 unspecified atom stereocenters. The molecule has 78 valence electrons. The summed E-state index contributed by atoms with van der Waals surface area (Å²) in [4.78, 5) is 12.9. The zero-order valence-corrected chi connectivity index (χ0v) is 10.6. The van der Waals surface area contributed by atoms with Gasteiger partial charge in [-0.25, -0.2) is 0 Å². The van der Waals surface area contributed by atoms with Crippen molar-refractivity contribution in [2.24, 2.45) is 0 Å². The van der Waals surface area contributed by atoms with Crippen LogP contribution in [0.2, 0.25) is 0 Å². The van der Waals surface area contributed by atoms with E-state index in [-0.39, 0.29) is 12.5 Å². The fourth-order valence-corrected chi connectivity index (χ4v) is 1.36. The van der Waals surface area contributed by atoms with Gasteiger partial charge in [-0.1, -0.05) is 0 Å². The average molecular weight is 308 g/mol. The smallest absolute Gasteiger partial charge is 0.243 e. The second-order valence-electron chi connectivity index (χ2n) is 3.23. The van der Waals surface area contributed by atoms with Crippen molar-refractivity contribution in [3.63, 3.8) is 0 Å². The first kappa shape index (κ1) is 11.3. The van der Waals surface area contributed by atoms with Crippen molar-refractivity contribution in [1.82, 2.24) is 14.7 Å². The molecule has 0 aliphatic carbocycles. The zero-order valence-electron chi connectivity index (χ0n) is 8.41. The van der Waals surface area contributed by atoms with E-state index in [0.29, 0.717) is 5.82 Å². The van der Waals surface area contributed by atoms with Crippen LogP contribution in [0.25, 0.3) is 0 Å². The Morgan fingerprint density at radius 3 is 2.57 bits per heavy atom. The molecule has 1 aromatic rings. The van der Waals surface area contributed by atoms with Crippen LogP contribution in [0.3, 0.4) is 0 Å². The minimum absolute atomic E-state index is 0.00648. The van der Waals surface area contributed by atoms with E-state index in [9.17, 15) is 4.79 Å². The number of amides is 1. The van der Waals surface area contributed by atoms with Gasteiger partial charge in [-0.05, 0) is 29.5 Å². The first-order valence-electron chi connectivity index (χ1n) is 4.12. The van der Waals surface area contributed by atoms with E-state index < -0.39 is 0 Å². The van der Waals surface area contributed by atoms with Gasteiger partial charge in [0.15, 0.2) is 5.82 Å². The van der Waals surface area contributed by atoms with Gasteiger partial charge in [-0.2, -0.15) is 5.10 Å². The molecule has 2 N–H and O–H groups in total. The number of nitrogen functional groups attached to an aromatic ring is 1. The number of carbonyl (C=O) groups excluding carboxylic acids is 1. The predicted octanol–water partition coefficient (Wildman–Crippen LogP) is 0.467. The lowest BCUT2D eigenvalue weighted by Gasteiger charge is -2.10. The van der Waals surface area contributed by atoms with E-state index >= 15 is 0 Å². The number of carbonyl (C=O) groups is 1. The highest BCUT2D eigenvalue weighted by Crippen LogP contribution is 2.17. The molecule has 0 aromatic carbocycles. The number of nitrogens with zero attached hydrogens (tertiary/aromatic N) is 3. The minimum Gasteiger partial charge on any atom is -0.381 e. The van der Waals surface area contributed by atoms with Crippen molar-refractivity contribution >= 4 is 34.3 Å². The average Bonchev–Trinajstić information content (AvgIpc) is 2.33. The molecule has 0 bridgehead atoms. The molecule has 1 amide bonds. The van der Waals surface area contributed by atoms with Gasteiger partial charge in [0.25, 0.3) is 0 Å². The van der Waals surface area contributed by atoms with Gasteiger partial charge in [-0.3, -0.25) is 9.48 Å². The molecular formula is C8H13IN4O. The fourth-order valence-electron chi connectivity index (χ4n) is 0.971. The number of hydrogen-bond donors (Lipinski definition) is 1. The Balaban J connectivity index is 2.88. The van der Waals surface area contributed by atoms with Crippen molar-refractivity contribution in [3.8, 4) is 0 Å². The van der Waals surface area contributed by atoms with Crippen LogP contribution in [0.1, 0.15) is 5.69 Å². The summed E-state index contributed by atoms with van der Waals surface area (Å²) in [6.45, 7) is 2.14.